The standard InChI is InChI=1S/C16H17FN4O2S/c1-12(22)21(15-5-3-2-4-14(15)17)16-19-13(11-24-16)10-18-20-6-8-23-9-7-20/h2-5,10-11H,6-9H2,1H3/b18-10-. The number of carbonyl (C=O) groups is 1. The Morgan fingerprint density at radius 1 is 1.42 bits per heavy atom. The molecule has 8 heteroatoms. The maximum Gasteiger partial charge on any atom is 0.230 e. The van der Waals surface area contributed by atoms with Gasteiger partial charge in [0.1, 0.15) is 5.82 Å². The largest absolute Gasteiger partial charge is 0.378 e. The van der Waals surface area contributed by atoms with E-state index >= 15 is 0 Å². The van der Waals surface area contributed by atoms with Gasteiger partial charge in [0.15, 0.2) is 5.13 Å². The number of hydrogen-bond donors (Lipinski definition) is 0. The molecule has 0 aliphatic carbocycles. The van der Waals surface area contributed by atoms with Crippen molar-refractivity contribution in [2.75, 3.05) is 31.2 Å². The molecule has 2 heterocycles. The van der Waals surface area contributed by atoms with E-state index in [1.807, 2.05) is 5.01 Å². The van der Waals surface area contributed by atoms with Crippen molar-refractivity contribution in [3.8, 4) is 0 Å². The number of aromatic nitrogens is 1. The quantitative estimate of drug-likeness (QED) is 0.797. The number of thiazole rings is 1. The molecule has 1 aromatic carbocycles. The van der Waals surface area contributed by atoms with E-state index in [1.165, 1.54) is 29.2 Å². The second-order valence-corrected chi connectivity index (χ2v) is 6.01. The zero-order chi connectivity index (χ0) is 16.9. The summed E-state index contributed by atoms with van der Waals surface area (Å²) in [6.45, 7) is 4.18. The number of hydrogen-bond acceptors (Lipinski definition) is 6. The summed E-state index contributed by atoms with van der Waals surface area (Å²) in [7, 11) is 0. The number of carbonyl (C=O) groups excluding carboxylic acids is 1. The van der Waals surface area contributed by atoms with Gasteiger partial charge in [-0.25, -0.2) is 9.37 Å². The van der Waals surface area contributed by atoms with Crippen LogP contribution >= 0.6 is 11.3 Å². The van der Waals surface area contributed by atoms with Crippen LogP contribution in [0.25, 0.3) is 0 Å². The van der Waals surface area contributed by atoms with Crippen molar-refractivity contribution in [3.63, 3.8) is 0 Å². The summed E-state index contributed by atoms with van der Waals surface area (Å²) in [5, 5.41) is 8.46. The SMILES string of the molecule is CC(=O)N(c1nc(/C=N\N2CCOCC2)cs1)c1ccccc1F. The highest BCUT2D eigenvalue weighted by molar-refractivity contribution is 7.14. The van der Waals surface area contributed by atoms with Gasteiger partial charge in [-0.3, -0.25) is 14.7 Å². The Labute approximate surface area is 143 Å². The predicted octanol–water partition coefficient (Wildman–Crippen LogP) is 2.63. The number of nitrogens with zero attached hydrogens (tertiary/aromatic N) is 4. The van der Waals surface area contributed by atoms with Gasteiger partial charge in [0.2, 0.25) is 5.91 Å². The molecule has 0 bridgehead atoms. The number of para-hydroxylation sites is 1. The molecule has 0 radical (unpaired) electrons. The zero-order valence-electron chi connectivity index (χ0n) is 13.2. The minimum Gasteiger partial charge on any atom is -0.378 e. The summed E-state index contributed by atoms with van der Waals surface area (Å²) in [5.41, 5.74) is 0.820. The molecule has 1 saturated heterocycles. The summed E-state index contributed by atoms with van der Waals surface area (Å²) < 4.78 is 19.3. The third-order valence-corrected chi connectivity index (χ3v) is 4.29. The Morgan fingerprint density at radius 3 is 2.88 bits per heavy atom. The fourth-order valence-electron chi connectivity index (χ4n) is 2.29. The lowest BCUT2D eigenvalue weighted by Crippen LogP contribution is -2.32. The first-order chi connectivity index (χ1) is 11.6. The van der Waals surface area contributed by atoms with Crippen LogP contribution in [0.15, 0.2) is 34.7 Å². The van der Waals surface area contributed by atoms with Crippen molar-refractivity contribution < 1.29 is 13.9 Å². The van der Waals surface area contributed by atoms with Gasteiger partial charge in [-0.1, -0.05) is 12.1 Å². The Morgan fingerprint density at radius 2 is 2.17 bits per heavy atom. The number of morpholine rings is 1. The number of halogens is 1. The number of benzene rings is 1. The van der Waals surface area contributed by atoms with E-state index in [2.05, 4.69) is 10.1 Å². The van der Waals surface area contributed by atoms with Crippen LogP contribution in [-0.4, -0.2) is 48.4 Å². The molecule has 0 N–H and O–H groups in total. The van der Waals surface area contributed by atoms with Gasteiger partial charge in [0, 0.05) is 12.3 Å². The number of rotatable bonds is 4. The molecule has 126 valence electrons. The Hall–Kier alpha value is -2.32. The fourth-order valence-corrected chi connectivity index (χ4v) is 3.12. The molecule has 1 aromatic heterocycles. The molecule has 1 amide bonds. The predicted molar refractivity (Wildman–Crippen MR) is 91.3 cm³/mol. The molecule has 1 aliphatic heterocycles. The van der Waals surface area contributed by atoms with Gasteiger partial charge < -0.3 is 4.74 Å². The van der Waals surface area contributed by atoms with Crippen molar-refractivity contribution in [2.24, 2.45) is 5.10 Å². The molecule has 1 aliphatic rings. The van der Waals surface area contributed by atoms with Crippen LogP contribution in [0.3, 0.4) is 0 Å². The third kappa shape index (κ3) is 3.77. The zero-order valence-corrected chi connectivity index (χ0v) is 14.0. The topological polar surface area (TPSA) is 58.0 Å². The van der Waals surface area contributed by atoms with Crippen molar-refractivity contribution in [1.82, 2.24) is 9.99 Å². The number of hydrazone groups is 1. The molecule has 0 saturated carbocycles. The minimum atomic E-state index is -0.466. The second kappa shape index (κ2) is 7.50. The Balaban J connectivity index is 1.80. The molecule has 0 atom stereocenters. The van der Waals surface area contributed by atoms with Gasteiger partial charge >= 0.3 is 0 Å². The summed E-state index contributed by atoms with van der Waals surface area (Å²) >= 11 is 1.27. The van der Waals surface area contributed by atoms with E-state index in [0.29, 0.717) is 24.0 Å². The smallest absolute Gasteiger partial charge is 0.230 e. The summed E-state index contributed by atoms with van der Waals surface area (Å²) in [6, 6.07) is 6.14. The third-order valence-electron chi connectivity index (χ3n) is 3.45. The highest BCUT2D eigenvalue weighted by Crippen LogP contribution is 2.30. The number of ether oxygens (including phenoxy) is 1. The van der Waals surface area contributed by atoms with Crippen molar-refractivity contribution in [1.29, 1.82) is 0 Å². The van der Waals surface area contributed by atoms with Crippen LogP contribution in [-0.2, 0) is 9.53 Å². The van der Waals surface area contributed by atoms with Crippen LogP contribution in [0.1, 0.15) is 12.6 Å². The first kappa shape index (κ1) is 16.5. The number of amides is 1. The van der Waals surface area contributed by atoms with Crippen LogP contribution in [0.5, 0.6) is 0 Å². The first-order valence-corrected chi connectivity index (χ1v) is 8.40. The molecule has 2 aromatic rings. The summed E-state index contributed by atoms with van der Waals surface area (Å²) in [6.07, 6.45) is 1.64. The van der Waals surface area contributed by atoms with Gasteiger partial charge in [0.05, 0.1) is 43.9 Å². The van der Waals surface area contributed by atoms with Crippen LogP contribution in [0, 0.1) is 5.82 Å². The lowest BCUT2D eigenvalue weighted by atomic mass is 10.3. The highest BCUT2D eigenvalue weighted by atomic mass is 32.1. The first-order valence-electron chi connectivity index (χ1n) is 7.52. The normalized spacial score (nSPS) is 15.0. The van der Waals surface area contributed by atoms with Gasteiger partial charge in [0.25, 0.3) is 0 Å². The lowest BCUT2D eigenvalue weighted by Gasteiger charge is -2.23. The molecule has 0 unspecified atom stereocenters. The molecule has 24 heavy (non-hydrogen) atoms. The highest BCUT2D eigenvalue weighted by Gasteiger charge is 2.20. The molecular formula is C16H17FN4O2S. The summed E-state index contributed by atoms with van der Waals surface area (Å²) in [5.74, 6) is -0.766. The Bertz CT molecular complexity index is 743. The fraction of sp³-hybridized carbons (Fsp3) is 0.312. The minimum absolute atomic E-state index is 0.191. The van der Waals surface area contributed by atoms with E-state index in [4.69, 9.17) is 4.74 Å². The molecule has 6 nitrogen and oxygen atoms in total. The molecule has 0 spiro atoms. The van der Waals surface area contributed by atoms with Crippen LogP contribution < -0.4 is 4.90 Å². The molecule has 1 fully saturated rings. The second-order valence-electron chi connectivity index (χ2n) is 5.17. The van der Waals surface area contributed by atoms with E-state index in [9.17, 15) is 9.18 Å². The van der Waals surface area contributed by atoms with Crippen LogP contribution in [0.4, 0.5) is 15.2 Å². The maximum absolute atomic E-state index is 14.0. The monoisotopic (exact) mass is 348 g/mol. The van der Waals surface area contributed by atoms with Gasteiger partial charge in [-0.05, 0) is 12.1 Å². The number of anilines is 2. The average molecular weight is 348 g/mol. The van der Waals surface area contributed by atoms with E-state index in [1.54, 1.807) is 29.8 Å². The maximum atomic E-state index is 14.0. The van der Waals surface area contributed by atoms with E-state index in [-0.39, 0.29) is 11.6 Å². The Kier molecular flexibility index (Phi) is 5.17. The molecule has 3 rings (SSSR count). The average Bonchev–Trinajstić information content (AvgIpc) is 3.04. The summed E-state index contributed by atoms with van der Waals surface area (Å²) in [4.78, 5) is 17.6. The van der Waals surface area contributed by atoms with E-state index in [0.717, 1.165) is 13.1 Å². The van der Waals surface area contributed by atoms with Gasteiger partial charge in [-0.15, -0.1) is 11.3 Å². The van der Waals surface area contributed by atoms with Crippen molar-refractivity contribution >= 4 is 34.3 Å². The van der Waals surface area contributed by atoms with Gasteiger partial charge in [-0.2, -0.15) is 5.10 Å². The molecular weight excluding hydrogens is 331 g/mol. The van der Waals surface area contributed by atoms with Crippen LogP contribution in [0.2, 0.25) is 0 Å². The van der Waals surface area contributed by atoms with Crippen molar-refractivity contribution in [2.45, 2.75) is 6.92 Å². The van der Waals surface area contributed by atoms with Crippen molar-refractivity contribution in [3.05, 3.63) is 41.2 Å². The van der Waals surface area contributed by atoms with E-state index < -0.39 is 5.82 Å². The lowest BCUT2D eigenvalue weighted by molar-refractivity contribution is -0.115.